The number of nitrogens with zero attached hydrogens (tertiary/aromatic N) is 1. The highest BCUT2D eigenvalue weighted by atomic mass is 16.5. The number of rotatable bonds is 5. The Labute approximate surface area is 128 Å². The minimum atomic E-state index is -0.0168. The quantitative estimate of drug-likeness (QED) is 0.647. The monoisotopic (exact) mass is 291 g/mol. The third-order valence-electron chi connectivity index (χ3n) is 4.89. The molecule has 1 aromatic carbocycles. The van der Waals surface area contributed by atoms with Gasteiger partial charge in [0.05, 0.1) is 13.2 Å². The van der Waals surface area contributed by atoms with Crippen LogP contribution >= 0.6 is 0 Å². The number of aryl methyl sites for hydroxylation is 2. The highest BCUT2D eigenvalue weighted by Gasteiger charge is 2.37. The van der Waals surface area contributed by atoms with E-state index in [9.17, 15) is 0 Å². The maximum Gasteiger partial charge on any atom is 0.122 e. The Kier molecular flexibility index (Phi) is 4.91. The fourth-order valence-corrected chi connectivity index (χ4v) is 3.49. The molecule has 1 fully saturated rings. The molecule has 0 saturated carbocycles. The molecular weight excluding hydrogens is 262 g/mol. The summed E-state index contributed by atoms with van der Waals surface area (Å²) in [6.07, 6.45) is 2.56. The van der Waals surface area contributed by atoms with Crippen LogP contribution in [0.5, 0.6) is 5.75 Å². The Balaban J connectivity index is 2.39. The van der Waals surface area contributed by atoms with Crippen LogP contribution in [0.1, 0.15) is 49.4 Å². The molecular formula is C17H29N3O. The predicted molar refractivity (Wildman–Crippen MR) is 87.4 cm³/mol. The smallest absolute Gasteiger partial charge is 0.122 e. The molecule has 1 aromatic rings. The summed E-state index contributed by atoms with van der Waals surface area (Å²) in [5.41, 5.74) is 6.66. The Bertz CT molecular complexity index is 493. The first-order chi connectivity index (χ1) is 9.91. The first kappa shape index (κ1) is 16.3. The summed E-state index contributed by atoms with van der Waals surface area (Å²) >= 11 is 0. The zero-order chi connectivity index (χ0) is 15.6. The van der Waals surface area contributed by atoms with E-state index >= 15 is 0 Å². The van der Waals surface area contributed by atoms with Crippen molar-refractivity contribution in [2.24, 2.45) is 5.84 Å². The molecule has 118 valence electrons. The van der Waals surface area contributed by atoms with E-state index in [1.807, 2.05) is 0 Å². The van der Waals surface area contributed by atoms with Gasteiger partial charge in [-0.05, 0) is 76.4 Å². The first-order valence-electron chi connectivity index (χ1n) is 7.78. The fourth-order valence-electron chi connectivity index (χ4n) is 3.49. The molecule has 4 nitrogen and oxygen atoms in total. The van der Waals surface area contributed by atoms with Gasteiger partial charge in [0.1, 0.15) is 5.75 Å². The van der Waals surface area contributed by atoms with Crippen LogP contribution in [0.4, 0.5) is 0 Å². The van der Waals surface area contributed by atoms with Crippen molar-refractivity contribution in [3.63, 3.8) is 0 Å². The molecule has 0 amide bonds. The number of hydrazine groups is 1. The number of ether oxygens (including phenoxy) is 1. The van der Waals surface area contributed by atoms with Gasteiger partial charge in [0, 0.05) is 5.54 Å². The summed E-state index contributed by atoms with van der Waals surface area (Å²) < 4.78 is 5.42. The molecule has 0 aliphatic carbocycles. The topological polar surface area (TPSA) is 50.5 Å². The summed E-state index contributed by atoms with van der Waals surface area (Å²) in [6.45, 7) is 11.1. The van der Waals surface area contributed by atoms with Crippen LogP contribution < -0.4 is 16.0 Å². The number of nitrogens with one attached hydrogen (secondary N) is 1. The highest BCUT2D eigenvalue weighted by molar-refractivity contribution is 5.43. The number of hydrogen-bond acceptors (Lipinski definition) is 4. The Hall–Kier alpha value is -1.10. The molecule has 1 aliphatic rings. The van der Waals surface area contributed by atoms with Crippen LogP contribution in [0.2, 0.25) is 0 Å². The molecule has 1 aliphatic heterocycles. The van der Waals surface area contributed by atoms with E-state index in [0.29, 0.717) is 0 Å². The van der Waals surface area contributed by atoms with Gasteiger partial charge >= 0.3 is 0 Å². The SMILES string of the molecule is COc1cc(C)c(C(NN)C(C)(C)N2CCCC2)cc1C. The lowest BCUT2D eigenvalue weighted by Gasteiger charge is -2.42. The minimum absolute atomic E-state index is 0.0168. The van der Waals surface area contributed by atoms with Gasteiger partial charge in [0.2, 0.25) is 0 Å². The van der Waals surface area contributed by atoms with E-state index in [4.69, 9.17) is 10.6 Å². The van der Waals surface area contributed by atoms with Gasteiger partial charge in [0.25, 0.3) is 0 Å². The maximum absolute atomic E-state index is 5.94. The van der Waals surface area contributed by atoms with Gasteiger partial charge in [0.15, 0.2) is 0 Å². The second-order valence-corrected chi connectivity index (χ2v) is 6.63. The summed E-state index contributed by atoms with van der Waals surface area (Å²) in [4.78, 5) is 2.54. The summed E-state index contributed by atoms with van der Waals surface area (Å²) in [6, 6.07) is 4.41. The van der Waals surface area contributed by atoms with Gasteiger partial charge in [-0.2, -0.15) is 0 Å². The van der Waals surface area contributed by atoms with Crippen LogP contribution in [0.3, 0.4) is 0 Å². The fraction of sp³-hybridized carbons (Fsp3) is 0.647. The van der Waals surface area contributed by atoms with Gasteiger partial charge in [-0.1, -0.05) is 6.07 Å². The first-order valence-corrected chi connectivity index (χ1v) is 7.78. The van der Waals surface area contributed by atoms with Crippen molar-refractivity contribution in [3.05, 3.63) is 28.8 Å². The predicted octanol–water partition coefficient (Wildman–Crippen LogP) is 2.69. The summed E-state index contributed by atoms with van der Waals surface area (Å²) in [7, 11) is 1.72. The Morgan fingerprint density at radius 3 is 2.33 bits per heavy atom. The summed E-state index contributed by atoms with van der Waals surface area (Å²) in [5.74, 6) is 6.88. The van der Waals surface area contributed by atoms with Crippen molar-refractivity contribution >= 4 is 0 Å². The van der Waals surface area contributed by atoms with E-state index in [0.717, 1.165) is 24.4 Å². The van der Waals surface area contributed by atoms with Crippen molar-refractivity contribution in [3.8, 4) is 5.75 Å². The maximum atomic E-state index is 5.94. The van der Waals surface area contributed by atoms with Crippen LogP contribution in [0.15, 0.2) is 12.1 Å². The van der Waals surface area contributed by atoms with E-state index in [1.54, 1.807) is 7.11 Å². The number of hydrogen-bond donors (Lipinski definition) is 2. The average Bonchev–Trinajstić information content (AvgIpc) is 2.97. The third kappa shape index (κ3) is 3.07. The molecule has 0 aromatic heterocycles. The molecule has 1 atom stereocenters. The number of benzene rings is 1. The number of likely N-dealkylation sites (tertiary alicyclic amines) is 1. The molecule has 0 spiro atoms. The van der Waals surface area contributed by atoms with Crippen LogP contribution in [0, 0.1) is 13.8 Å². The van der Waals surface area contributed by atoms with Gasteiger partial charge < -0.3 is 4.74 Å². The largest absolute Gasteiger partial charge is 0.496 e. The lowest BCUT2D eigenvalue weighted by atomic mass is 9.84. The van der Waals surface area contributed by atoms with Crippen molar-refractivity contribution in [2.45, 2.75) is 52.1 Å². The molecule has 3 N–H and O–H groups in total. The van der Waals surface area contributed by atoms with Gasteiger partial charge in [-0.25, -0.2) is 0 Å². The molecule has 1 saturated heterocycles. The Morgan fingerprint density at radius 2 is 1.81 bits per heavy atom. The molecule has 21 heavy (non-hydrogen) atoms. The lowest BCUT2D eigenvalue weighted by molar-refractivity contribution is 0.106. The van der Waals surface area contributed by atoms with Crippen LogP contribution in [-0.2, 0) is 0 Å². The normalized spacial score (nSPS) is 18.0. The average molecular weight is 291 g/mol. The minimum Gasteiger partial charge on any atom is -0.496 e. The lowest BCUT2D eigenvalue weighted by Crippen LogP contribution is -2.53. The molecule has 1 heterocycles. The Morgan fingerprint density at radius 1 is 1.19 bits per heavy atom. The van der Waals surface area contributed by atoms with Crippen LogP contribution in [-0.4, -0.2) is 30.6 Å². The van der Waals surface area contributed by atoms with Crippen molar-refractivity contribution < 1.29 is 4.74 Å². The summed E-state index contributed by atoms with van der Waals surface area (Å²) in [5, 5.41) is 0. The van der Waals surface area contributed by atoms with E-state index in [2.05, 4.69) is 50.2 Å². The van der Waals surface area contributed by atoms with E-state index in [-0.39, 0.29) is 11.6 Å². The number of nitrogens with two attached hydrogens (primary N) is 1. The zero-order valence-corrected chi connectivity index (χ0v) is 14.0. The molecule has 0 bridgehead atoms. The van der Waals surface area contributed by atoms with E-state index < -0.39 is 0 Å². The second-order valence-electron chi connectivity index (χ2n) is 6.63. The highest BCUT2D eigenvalue weighted by Crippen LogP contribution is 2.36. The third-order valence-corrected chi connectivity index (χ3v) is 4.89. The van der Waals surface area contributed by atoms with Gasteiger partial charge in [-0.3, -0.25) is 16.2 Å². The van der Waals surface area contributed by atoms with E-state index in [1.165, 1.54) is 24.0 Å². The zero-order valence-electron chi connectivity index (χ0n) is 14.0. The molecule has 0 radical (unpaired) electrons. The molecule has 1 unspecified atom stereocenters. The van der Waals surface area contributed by atoms with Crippen molar-refractivity contribution in [1.29, 1.82) is 0 Å². The van der Waals surface area contributed by atoms with Crippen LogP contribution in [0.25, 0.3) is 0 Å². The molecule has 2 rings (SSSR count). The second kappa shape index (κ2) is 6.34. The number of methoxy groups -OCH3 is 1. The van der Waals surface area contributed by atoms with Crippen molar-refractivity contribution in [2.75, 3.05) is 20.2 Å². The van der Waals surface area contributed by atoms with Gasteiger partial charge in [-0.15, -0.1) is 0 Å². The standard InChI is InChI=1S/C17H29N3O/c1-12-11-15(21-5)13(2)10-14(12)16(19-18)17(3,4)20-8-6-7-9-20/h10-11,16,19H,6-9,18H2,1-5H3. The molecule has 4 heteroatoms. The van der Waals surface area contributed by atoms with Crippen molar-refractivity contribution in [1.82, 2.24) is 10.3 Å².